The highest BCUT2D eigenvalue weighted by atomic mass is 32.1. The third-order valence-corrected chi connectivity index (χ3v) is 6.07. The van der Waals surface area contributed by atoms with Crippen LogP contribution < -0.4 is 11.1 Å². The number of hydrogen-bond acceptors (Lipinski definition) is 4. The third kappa shape index (κ3) is 2.05. The Morgan fingerprint density at radius 3 is 3.11 bits per heavy atom. The standard InChI is InChI=1S/C15H24N2OS/c1-14(2)13-12(6-3-7-18-13)15(14,16)10-17-9-11-5-4-8-19-11/h4-5,8,12-13,17H,3,6-7,9-10,16H2,1-2H3. The molecule has 3 rings (SSSR count). The number of nitrogens with two attached hydrogens (primary N) is 1. The Morgan fingerprint density at radius 2 is 2.37 bits per heavy atom. The first-order valence-electron chi connectivity index (χ1n) is 7.19. The number of fused-ring (bicyclic) bond motifs is 1. The van der Waals surface area contributed by atoms with Crippen molar-refractivity contribution in [3.63, 3.8) is 0 Å². The van der Waals surface area contributed by atoms with E-state index in [0.717, 1.165) is 26.1 Å². The van der Waals surface area contributed by atoms with Crippen molar-refractivity contribution < 1.29 is 4.74 Å². The summed E-state index contributed by atoms with van der Waals surface area (Å²) in [6.45, 7) is 7.22. The van der Waals surface area contributed by atoms with Crippen molar-refractivity contribution in [1.29, 1.82) is 0 Å². The van der Waals surface area contributed by atoms with Crippen molar-refractivity contribution in [3.8, 4) is 0 Å². The van der Waals surface area contributed by atoms with E-state index in [1.165, 1.54) is 11.3 Å². The zero-order valence-electron chi connectivity index (χ0n) is 11.8. The van der Waals surface area contributed by atoms with Gasteiger partial charge in [-0.15, -0.1) is 11.3 Å². The molecule has 1 aliphatic carbocycles. The molecule has 1 saturated carbocycles. The van der Waals surface area contributed by atoms with Gasteiger partial charge in [-0.2, -0.15) is 0 Å². The van der Waals surface area contributed by atoms with Crippen LogP contribution in [0.3, 0.4) is 0 Å². The fraction of sp³-hybridized carbons (Fsp3) is 0.733. The van der Waals surface area contributed by atoms with E-state index in [-0.39, 0.29) is 11.0 Å². The van der Waals surface area contributed by atoms with Crippen molar-refractivity contribution in [2.45, 2.75) is 44.9 Å². The SMILES string of the molecule is CC1(C)C2OCCCC2C1(N)CNCc1cccs1. The molecule has 0 radical (unpaired) electrons. The van der Waals surface area contributed by atoms with E-state index in [2.05, 4.69) is 36.7 Å². The molecule has 4 heteroatoms. The van der Waals surface area contributed by atoms with Gasteiger partial charge >= 0.3 is 0 Å². The smallest absolute Gasteiger partial charge is 0.0690 e. The minimum atomic E-state index is -0.130. The highest BCUT2D eigenvalue weighted by molar-refractivity contribution is 7.09. The van der Waals surface area contributed by atoms with Crippen molar-refractivity contribution in [1.82, 2.24) is 5.32 Å². The van der Waals surface area contributed by atoms with E-state index in [1.54, 1.807) is 11.3 Å². The first-order valence-corrected chi connectivity index (χ1v) is 8.07. The topological polar surface area (TPSA) is 47.3 Å². The van der Waals surface area contributed by atoms with Crippen LogP contribution in [0.2, 0.25) is 0 Å². The number of nitrogens with one attached hydrogen (secondary N) is 1. The maximum Gasteiger partial charge on any atom is 0.0690 e. The van der Waals surface area contributed by atoms with Crippen LogP contribution >= 0.6 is 11.3 Å². The third-order valence-electron chi connectivity index (χ3n) is 5.19. The first kappa shape index (κ1) is 13.6. The quantitative estimate of drug-likeness (QED) is 0.890. The van der Waals surface area contributed by atoms with E-state index in [1.807, 2.05) is 0 Å². The van der Waals surface area contributed by atoms with Gasteiger partial charge in [-0.1, -0.05) is 19.9 Å². The van der Waals surface area contributed by atoms with Gasteiger partial charge in [0.1, 0.15) is 0 Å². The highest BCUT2D eigenvalue weighted by Crippen LogP contribution is 2.56. The molecule has 1 aliphatic heterocycles. The Bertz CT molecular complexity index is 431. The second-order valence-electron chi connectivity index (χ2n) is 6.49. The fourth-order valence-corrected chi connectivity index (χ4v) is 4.51. The molecule has 1 aromatic heterocycles. The molecular formula is C15H24N2OS. The van der Waals surface area contributed by atoms with Crippen LogP contribution in [0.25, 0.3) is 0 Å². The zero-order valence-corrected chi connectivity index (χ0v) is 12.6. The Labute approximate surface area is 119 Å². The summed E-state index contributed by atoms with van der Waals surface area (Å²) in [5.41, 5.74) is 6.68. The van der Waals surface area contributed by atoms with Gasteiger partial charge in [0.15, 0.2) is 0 Å². The Balaban J connectivity index is 1.62. The van der Waals surface area contributed by atoms with Crippen molar-refractivity contribution >= 4 is 11.3 Å². The van der Waals surface area contributed by atoms with Crippen LogP contribution in [0.4, 0.5) is 0 Å². The lowest BCUT2D eigenvalue weighted by atomic mass is 9.46. The molecule has 2 aliphatic rings. The average molecular weight is 280 g/mol. The molecule has 3 unspecified atom stereocenters. The number of ether oxygens (including phenoxy) is 1. The van der Waals surface area contributed by atoms with E-state index in [0.29, 0.717) is 12.0 Å². The van der Waals surface area contributed by atoms with E-state index in [4.69, 9.17) is 10.5 Å². The second kappa shape index (κ2) is 4.85. The van der Waals surface area contributed by atoms with Crippen molar-refractivity contribution in [3.05, 3.63) is 22.4 Å². The van der Waals surface area contributed by atoms with Crippen molar-refractivity contribution in [2.75, 3.05) is 13.2 Å². The van der Waals surface area contributed by atoms with Gasteiger partial charge in [-0.05, 0) is 24.3 Å². The van der Waals surface area contributed by atoms with Crippen LogP contribution in [0.1, 0.15) is 31.6 Å². The van der Waals surface area contributed by atoms with Crippen LogP contribution in [-0.2, 0) is 11.3 Å². The van der Waals surface area contributed by atoms with E-state index >= 15 is 0 Å². The van der Waals surface area contributed by atoms with Gasteiger partial charge in [0, 0.05) is 41.4 Å². The summed E-state index contributed by atoms with van der Waals surface area (Å²) in [6, 6.07) is 4.26. The lowest BCUT2D eigenvalue weighted by molar-refractivity contribution is -0.225. The molecule has 1 saturated heterocycles. The molecule has 3 nitrogen and oxygen atoms in total. The molecule has 106 valence electrons. The molecule has 0 aromatic carbocycles. The maximum atomic E-state index is 6.74. The summed E-state index contributed by atoms with van der Waals surface area (Å²) in [6.07, 6.45) is 2.72. The van der Waals surface area contributed by atoms with Crippen LogP contribution in [0, 0.1) is 11.3 Å². The minimum absolute atomic E-state index is 0.0700. The summed E-state index contributed by atoms with van der Waals surface area (Å²) in [4.78, 5) is 1.37. The molecule has 2 heterocycles. The Morgan fingerprint density at radius 1 is 1.53 bits per heavy atom. The normalized spacial score (nSPS) is 36.6. The minimum Gasteiger partial charge on any atom is -0.377 e. The predicted molar refractivity (Wildman–Crippen MR) is 79.2 cm³/mol. The summed E-state index contributed by atoms with van der Waals surface area (Å²) >= 11 is 1.79. The van der Waals surface area contributed by atoms with Gasteiger partial charge in [0.25, 0.3) is 0 Å². The van der Waals surface area contributed by atoms with Gasteiger partial charge in [-0.3, -0.25) is 0 Å². The van der Waals surface area contributed by atoms with E-state index in [9.17, 15) is 0 Å². The Hall–Kier alpha value is -0.420. The zero-order chi connectivity index (χ0) is 13.5. The molecular weight excluding hydrogens is 256 g/mol. The number of hydrogen-bond donors (Lipinski definition) is 2. The second-order valence-corrected chi connectivity index (χ2v) is 7.52. The molecule has 3 N–H and O–H groups in total. The fourth-order valence-electron chi connectivity index (χ4n) is 3.83. The molecule has 19 heavy (non-hydrogen) atoms. The highest BCUT2D eigenvalue weighted by Gasteiger charge is 2.65. The average Bonchev–Trinajstić information content (AvgIpc) is 2.91. The largest absolute Gasteiger partial charge is 0.377 e. The van der Waals surface area contributed by atoms with Gasteiger partial charge < -0.3 is 15.8 Å². The molecule has 0 amide bonds. The molecule has 1 aromatic rings. The van der Waals surface area contributed by atoms with E-state index < -0.39 is 0 Å². The lowest BCUT2D eigenvalue weighted by Gasteiger charge is -2.66. The molecule has 0 spiro atoms. The first-order chi connectivity index (χ1) is 9.06. The Kier molecular flexibility index (Phi) is 3.46. The predicted octanol–water partition coefficient (Wildman–Crippen LogP) is 2.37. The summed E-state index contributed by atoms with van der Waals surface area (Å²) in [7, 11) is 0. The molecule has 3 atom stereocenters. The number of rotatable bonds is 4. The van der Waals surface area contributed by atoms with Crippen LogP contribution in [-0.4, -0.2) is 24.8 Å². The van der Waals surface area contributed by atoms with Crippen LogP contribution in [0.5, 0.6) is 0 Å². The summed E-state index contributed by atoms with van der Waals surface area (Å²) in [5, 5.41) is 5.67. The van der Waals surface area contributed by atoms with Gasteiger partial charge in [-0.25, -0.2) is 0 Å². The summed E-state index contributed by atoms with van der Waals surface area (Å²) in [5.74, 6) is 0.520. The molecule has 2 fully saturated rings. The number of thiophene rings is 1. The summed E-state index contributed by atoms with van der Waals surface area (Å²) < 4.78 is 5.93. The maximum absolute atomic E-state index is 6.74. The lowest BCUT2D eigenvalue weighted by Crippen LogP contribution is -2.80. The van der Waals surface area contributed by atoms with Gasteiger partial charge in [0.2, 0.25) is 0 Å². The molecule has 0 bridgehead atoms. The van der Waals surface area contributed by atoms with Gasteiger partial charge in [0.05, 0.1) is 6.10 Å². The van der Waals surface area contributed by atoms with Crippen LogP contribution in [0.15, 0.2) is 17.5 Å². The monoisotopic (exact) mass is 280 g/mol. The van der Waals surface area contributed by atoms with Crippen molar-refractivity contribution in [2.24, 2.45) is 17.1 Å².